The van der Waals surface area contributed by atoms with Gasteiger partial charge in [-0.1, -0.05) is 17.8 Å². The summed E-state index contributed by atoms with van der Waals surface area (Å²) in [6, 6.07) is 6.11. The number of benzene rings is 1. The molecule has 4 nitrogen and oxygen atoms in total. The lowest BCUT2D eigenvalue weighted by atomic mass is 10.2. The average molecular weight is 278 g/mol. The predicted octanol–water partition coefficient (Wildman–Crippen LogP) is 2.56. The molecular formula is C14H18N2O2S. The monoisotopic (exact) mass is 278 g/mol. The maximum atomic E-state index is 5.75. The third-order valence-electron chi connectivity index (χ3n) is 3.26. The summed E-state index contributed by atoms with van der Waals surface area (Å²) in [6.45, 7) is 6.90. The number of rotatable bonds is 4. The first kappa shape index (κ1) is 13.0. The van der Waals surface area contributed by atoms with Gasteiger partial charge in [-0.2, -0.15) is 0 Å². The predicted molar refractivity (Wildman–Crippen MR) is 76.7 cm³/mol. The van der Waals surface area contributed by atoms with Gasteiger partial charge in [0.2, 0.25) is 0 Å². The van der Waals surface area contributed by atoms with Gasteiger partial charge >= 0.3 is 0 Å². The van der Waals surface area contributed by atoms with Crippen LogP contribution in [0.5, 0.6) is 0 Å². The molecule has 0 bridgehead atoms. The van der Waals surface area contributed by atoms with Gasteiger partial charge in [0, 0.05) is 25.4 Å². The van der Waals surface area contributed by atoms with Crippen LogP contribution in [0.15, 0.2) is 27.8 Å². The maximum absolute atomic E-state index is 5.75. The highest BCUT2D eigenvalue weighted by Gasteiger charge is 2.11. The van der Waals surface area contributed by atoms with Gasteiger partial charge in [-0.25, -0.2) is 4.98 Å². The Balaban J connectivity index is 1.56. The van der Waals surface area contributed by atoms with Crippen molar-refractivity contribution in [1.82, 2.24) is 9.88 Å². The fraction of sp³-hybridized carbons (Fsp3) is 0.500. The summed E-state index contributed by atoms with van der Waals surface area (Å²) >= 11 is 1.69. The lowest BCUT2D eigenvalue weighted by Gasteiger charge is -2.25. The fourth-order valence-corrected chi connectivity index (χ4v) is 2.99. The van der Waals surface area contributed by atoms with Crippen molar-refractivity contribution in [1.29, 1.82) is 0 Å². The molecule has 0 amide bonds. The standard InChI is InChI=1S/C14H18N2O2S/c1-11-2-3-12-13(10-11)18-14(15-12)19-9-6-16-4-7-17-8-5-16/h2-3,10H,4-9H2,1H3. The number of oxazole rings is 1. The normalized spacial score (nSPS) is 17.1. The molecule has 0 unspecified atom stereocenters. The lowest BCUT2D eigenvalue weighted by Crippen LogP contribution is -2.37. The van der Waals surface area contributed by atoms with Gasteiger partial charge in [-0.15, -0.1) is 0 Å². The minimum atomic E-state index is 0.772. The molecule has 1 aromatic heterocycles. The second kappa shape index (κ2) is 5.94. The number of nitrogens with zero attached hydrogens (tertiary/aromatic N) is 2. The van der Waals surface area contributed by atoms with Crippen molar-refractivity contribution in [2.75, 3.05) is 38.6 Å². The van der Waals surface area contributed by atoms with Crippen molar-refractivity contribution in [3.63, 3.8) is 0 Å². The van der Waals surface area contributed by atoms with Gasteiger partial charge in [0.05, 0.1) is 13.2 Å². The van der Waals surface area contributed by atoms with E-state index in [1.807, 2.05) is 12.1 Å². The van der Waals surface area contributed by atoms with Crippen LogP contribution in [0.1, 0.15) is 5.56 Å². The number of hydrogen-bond donors (Lipinski definition) is 0. The molecule has 3 rings (SSSR count). The SMILES string of the molecule is Cc1ccc2nc(SCCN3CCOCC3)oc2c1. The second-order valence-corrected chi connectivity index (χ2v) is 5.80. The van der Waals surface area contributed by atoms with Crippen molar-refractivity contribution >= 4 is 22.9 Å². The van der Waals surface area contributed by atoms with E-state index in [0.717, 1.165) is 54.9 Å². The number of hydrogen-bond acceptors (Lipinski definition) is 5. The largest absolute Gasteiger partial charge is 0.431 e. The summed E-state index contributed by atoms with van der Waals surface area (Å²) in [5.74, 6) is 1.01. The molecule has 0 saturated carbocycles. The first-order chi connectivity index (χ1) is 9.31. The average Bonchev–Trinajstić information content (AvgIpc) is 2.82. The van der Waals surface area contributed by atoms with E-state index in [2.05, 4.69) is 22.9 Å². The van der Waals surface area contributed by atoms with E-state index in [-0.39, 0.29) is 0 Å². The zero-order chi connectivity index (χ0) is 13.1. The Morgan fingerprint density at radius 1 is 1.32 bits per heavy atom. The Bertz CT molecular complexity index is 549. The van der Waals surface area contributed by atoms with Crippen molar-refractivity contribution in [2.45, 2.75) is 12.1 Å². The summed E-state index contributed by atoms with van der Waals surface area (Å²) < 4.78 is 11.1. The lowest BCUT2D eigenvalue weighted by molar-refractivity contribution is 0.0410. The summed E-state index contributed by atoms with van der Waals surface area (Å²) in [5.41, 5.74) is 3.03. The summed E-state index contributed by atoms with van der Waals surface area (Å²) in [4.78, 5) is 6.91. The third-order valence-corrected chi connectivity index (χ3v) is 4.07. The number of morpholine rings is 1. The summed E-state index contributed by atoms with van der Waals surface area (Å²) in [7, 11) is 0. The minimum absolute atomic E-state index is 0.772. The molecule has 19 heavy (non-hydrogen) atoms. The highest BCUT2D eigenvalue weighted by atomic mass is 32.2. The molecule has 2 heterocycles. The first-order valence-electron chi connectivity index (χ1n) is 6.61. The van der Waals surface area contributed by atoms with Crippen LogP contribution in [0.3, 0.4) is 0 Å². The molecule has 0 aliphatic carbocycles. The Morgan fingerprint density at radius 2 is 2.16 bits per heavy atom. The zero-order valence-electron chi connectivity index (χ0n) is 11.1. The summed E-state index contributed by atoms with van der Waals surface area (Å²) in [5, 5.41) is 0.772. The molecular weight excluding hydrogens is 260 g/mol. The van der Waals surface area contributed by atoms with Crippen LogP contribution in [0.4, 0.5) is 0 Å². The van der Waals surface area contributed by atoms with Gasteiger partial charge in [0.1, 0.15) is 5.52 Å². The Hall–Kier alpha value is -1.04. The Morgan fingerprint density at radius 3 is 3.00 bits per heavy atom. The van der Waals surface area contributed by atoms with Crippen molar-refractivity contribution in [3.05, 3.63) is 23.8 Å². The zero-order valence-corrected chi connectivity index (χ0v) is 11.9. The van der Waals surface area contributed by atoms with Crippen LogP contribution in [-0.4, -0.2) is 48.5 Å². The van der Waals surface area contributed by atoms with E-state index < -0.39 is 0 Å². The van der Waals surface area contributed by atoms with Crippen LogP contribution in [-0.2, 0) is 4.74 Å². The molecule has 1 aromatic carbocycles. The van der Waals surface area contributed by atoms with Gasteiger partial charge < -0.3 is 9.15 Å². The molecule has 1 fully saturated rings. The number of aromatic nitrogens is 1. The molecule has 1 aliphatic rings. The topological polar surface area (TPSA) is 38.5 Å². The smallest absolute Gasteiger partial charge is 0.256 e. The van der Waals surface area contributed by atoms with Gasteiger partial charge in [0.15, 0.2) is 5.58 Å². The van der Waals surface area contributed by atoms with Crippen LogP contribution < -0.4 is 0 Å². The molecule has 1 aliphatic heterocycles. The van der Waals surface area contributed by atoms with Crippen LogP contribution in [0, 0.1) is 6.92 Å². The molecule has 0 spiro atoms. The molecule has 2 aromatic rings. The first-order valence-corrected chi connectivity index (χ1v) is 7.60. The maximum Gasteiger partial charge on any atom is 0.256 e. The van der Waals surface area contributed by atoms with E-state index in [1.54, 1.807) is 11.8 Å². The molecule has 5 heteroatoms. The van der Waals surface area contributed by atoms with Crippen LogP contribution in [0.2, 0.25) is 0 Å². The molecule has 0 radical (unpaired) electrons. The second-order valence-electron chi connectivity index (χ2n) is 4.75. The minimum Gasteiger partial charge on any atom is -0.431 e. The van der Waals surface area contributed by atoms with E-state index in [0.29, 0.717) is 0 Å². The molecule has 1 saturated heterocycles. The number of fused-ring (bicyclic) bond motifs is 1. The summed E-state index contributed by atoms with van der Waals surface area (Å²) in [6.07, 6.45) is 0. The quantitative estimate of drug-likeness (QED) is 0.804. The highest BCUT2D eigenvalue weighted by molar-refractivity contribution is 7.99. The third kappa shape index (κ3) is 3.29. The van der Waals surface area contributed by atoms with Crippen LogP contribution in [0.25, 0.3) is 11.1 Å². The fourth-order valence-electron chi connectivity index (χ4n) is 2.16. The number of aryl methyl sites for hydroxylation is 1. The van der Waals surface area contributed by atoms with Crippen molar-refractivity contribution < 1.29 is 9.15 Å². The van der Waals surface area contributed by atoms with E-state index in [4.69, 9.17) is 9.15 Å². The Labute approximate surface area is 117 Å². The molecule has 0 N–H and O–H groups in total. The van der Waals surface area contributed by atoms with E-state index >= 15 is 0 Å². The molecule has 102 valence electrons. The molecule has 0 atom stereocenters. The van der Waals surface area contributed by atoms with Crippen molar-refractivity contribution in [2.24, 2.45) is 0 Å². The number of thioether (sulfide) groups is 1. The van der Waals surface area contributed by atoms with Crippen molar-refractivity contribution in [3.8, 4) is 0 Å². The van der Waals surface area contributed by atoms with E-state index in [1.165, 1.54) is 5.56 Å². The highest BCUT2D eigenvalue weighted by Crippen LogP contribution is 2.24. The van der Waals surface area contributed by atoms with E-state index in [9.17, 15) is 0 Å². The van der Waals surface area contributed by atoms with Crippen LogP contribution >= 0.6 is 11.8 Å². The van der Waals surface area contributed by atoms with Gasteiger partial charge in [-0.05, 0) is 24.6 Å². The number of ether oxygens (including phenoxy) is 1. The van der Waals surface area contributed by atoms with Gasteiger partial charge in [0.25, 0.3) is 5.22 Å². The van der Waals surface area contributed by atoms with Gasteiger partial charge in [-0.3, -0.25) is 4.90 Å². The Kier molecular flexibility index (Phi) is 4.06.